The van der Waals surface area contributed by atoms with Crippen LogP contribution < -0.4 is 0 Å². The zero-order valence-electron chi connectivity index (χ0n) is 11.4. The summed E-state index contributed by atoms with van der Waals surface area (Å²) < 4.78 is 20.8. The van der Waals surface area contributed by atoms with Gasteiger partial charge in [-0.2, -0.15) is 0 Å². The van der Waals surface area contributed by atoms with Gasteiger partial charge in [-0.1, -0.05) is 52.9 Å². The normalized spacial score (nSPS) is 19.4. The molecule has 21 heavy (non-hydrogen) atoms. The van der Waals surface area contributed by atoms with E-state index in [1.54, 1.807) is 6.07 Å². The van der Waals surface area contributed by atoms with E-state index in [2.05, 4.69) is 46.9 Å². The van der Waals surface area contributed by atoms with Crippen molar-refractivity contribution in [2.24, 2.45) is 0 Å². The van der Waals surface area contributed by atoms with Crippen LogP contribution in [0.5, 0.6) is 0 Å². The highest BCUT2D eigenvalue weighted by Crippen LogP contribution is 2.44. The minimum Gasteiger partial charge on any atom is -0.488 e. The molecular weight excluding hydrogens is 378 g/mol. The Balaban J connectivity index is 1.97. The van der Waals surface area contributed by atoms with Gasteiger partial charge in [0, 0.05) is 22.0 Å². The summed E-state index contributed by atoms with van der Waals surface area (Å²) in [5, 5.41) is 0. The Kier molecular flexibility index (Phi) is 3.25. The molecule has 2 aromatic carbocycles. The minimum atomic E-state index is -0.201. The number of rotatable bonds is 1. The van der Waals surface area contributed by atoms with E-state index in [0.717, 1.165) is 34.2 Å². The van der Waals surface area contributed by atoms with Gasteiger partial charge in [0.2, 0.25) is 0 Å². The zero-order valence-corrected chi connectivity index (χ0v) is 13.6. The zero-order chi connectivity index (χ0) is 14.4. The van der Waals surface area contributed by atoms with Crippen molar-refractivity contribution >= 4 is 33.9 Å². The quantitative estimate of drug-likeness (QED) is 0.500. The summed E-state index contributed by atoms with van der Waals surface area (Å²) in [5.74, 6) is 0.684. The third-order valence-electron chi connectivity index (χ3n) is 4.20. The summed E-state index contributed by atoms with van der Waals surface area (Å²) in [6, 6.07) is 13.5. The molecule has 0 radical (unpaired) electrons. The third kappa shape index (κ3) is 2.18. The fourth-order valence-electron chi connectivity index (χ4n) is 3.23. The number of alkyl halides is 1. The van der Waals surface area contributed by atoms with Gasteiger partial charge < -0.3 is 4.74 Å². The first-order valence-corrected chi connectivity index (χ1v) is 8.61. The lowest BCUT2D eigenvalue weighted by atomic mass is 9.95. The maximum absolute atomic E-state index is 13.7. The molecule has 0 spiro atoms. The van der Waals surface area contributed by atoms with Gasteiger partial charge in [0.15, 0.2) is 0 Å². The second-order valence-corrected chi connectivity index (χ2v) is 6.42. The molecule has 106 valence electrons. The SMILES string of the molecule is Fc1ccc2c(c1)C1=C(CC(CI)O1)c1ccccc1C2. The number of ether oxygens (including phenoxy) is 1. The van der Waals surface area contributed by atoms with Gasteiger partial charge in [0.05, 0.1) is 0 Å². The standard InChI is InChI=1S/C18H14FIO/c19-13-6-5-12-7-11-3-1-2-4-15(11)17-9-14(10-20)21-18(17)16(12)8-13/h1-6,8,14H,7,9-10H2. The molecule has 1 unspecified atom stereocenters. The van der Waals surface area contributed by atoms with Crippen molar-refractivity contribution in [3.05, 3.63) is 70.5 Å². The maximum Gasteiger partial charge on any atom is 0.131 e. The number of benzene rings is 2. The summed E-state index contributed by atoms with van der Waals surface area (Å²) in [5.41, 5.74) is 5.86. The largest absolute Gasteiger partial charge is 0.488 e. The van der Waals surface area contributed by atoms with Gasteiger partial charge in [-0.25, -0.2) is 4.39 Å². The molecule has 2 aromatic rings. The van der Waals surface area contributed by atoms with Crippen LogP contribution in [-0.4, -0.2) is 10.5 Å². The smallest absolute Gasteiger partial charge is 0.131 e. The predicted molar refractivity (Wildman–Crippen MR) is 90.8 cm³/mol. The highest BCUT2D eigenvalue weighted by molar-refractivity contribution is 14.1. The van der Waals surface area contributed by atoms with E-state index in [9.17, 15) is 4.39 Å². The van der Waals surface area contributed by atoms with Crippen molar-refractivity contribution in [3.63, 3.8) is 0 Å². The average molecular weight is 392 g/mol. The van der Waals surface area contributed by atoms with E-state index in [0.29, 0.717) is 0 Å². The molecular formula is C18H14FIO. The third-order valence-corrected chi connectivity index (χ3v) is 5.18. The van der Waals surface area contributed by atoms with Crippen molar-refractivity contribution in [1.29, 1.82) is 0 Å². The summed E-state index contributed by atoms with van der Waals surface area (Å²) in [7, 11) is 0. The number of hydrogen-bond donors (Lipinski definition) is 0. The highest BCUT2D eigenvalue weighted by atomic mass is 127. The van der Waals surface area contributed by atoms with Crippen LogP contribution in [0.2, 0.25) is 0 Å². The molecule has 1 atom stereocenters. The van der Waals surface area contributed by atoms with E-state index in [4.69, 9.17) is 4.74 Å². The lowest BCUT2D eigenvalue weighted by Crippen LogP contribution is -2.08. The second-order valence-electron chi connectivity index (χ2n) is 5.54. The van der Waals surface area contributed by atoms with Crippen LogP contribution in [0.4, 0.5) is 4.39 Å². The second kappa shape index (κ2) is 5.13. The Morgan fingerprint density at radius 2 is 1.90 bits per heavy atom. The number of fused-ring (bicyclic) bond motifs is 4. The van der Waals surface area contributed by atoms with Crippen LogP contribution in [0.1, 0.15) is 28.7 Å². The number of halogens is 2. The Labute approximate surface area is 137 Å². The van der Waals surface area contributed by atoms with Crippen molar-refractivity contribution in [1.82, 2.24) is 0 Å². The summed E-state index contributed by atoms with van der Waals surface area (Å²) in [6.07, 6.45) is 1.93. The van der Waals surface area contributed by atoms with Gasteiger partial charge in [0.1, 0.15) is 17.7 Å². The molecule has 0 bridgehead atoms. The monoisotopic (exact) mass is 392 g/mol. The lowest BCUT2D eigenvalue weighted by Gasteiger charge is -2.13. The van der Waals surface area contributed by atoms with Crippen LogP contribution in [0, 0.1) is 5.82 Å². The van der Waals surface area contributed by atoms with Gasteiger partial charge in [-0.05, 0) is 35.2 Å². The van der Waals surface area contributed by atoms with E-state index in [1.165, 1.54) is 22.8 Å². The Bertz CT molecular complexity index is 751. The summed E-state index contributed by atoms with van der Waals surface area (Å²) >= 11 is 2.35. The minimum absolute atomic E-state index is 0.192. The summed E-state index contributed by atoms with van der Waals surface area (Å²) in [6.45, 7) is 0. The van der Waals surface area contributed by atoms with Crippen LogP contribution in [0.3, 0.4) is 0 Å². The van der Waals surface area contributed by atoms with E-state index >= 15 is 0 Å². The molecule has 0 saturated carbocycles. The number of hydrogen-bond acceptors (Lipinski definition) is 1. The van der Waals surface area contributed by atoms with Crippen LogP contribution >= 0.6 is 22.6 Å². The molecule has 0 saturated heterocycles. The molecule has 4 rings (SSSR count). The molecule has 1 aliphatic heterocycles. The molecule has 0 amide bonds. The van der Waals surface area contributed by atoms with Crippen LogP contribution in [0.25, 0.3) is 11.3 Å². The first-order valence-electron chi connectivity index (χ1n) is 7.09. The molecule has 1 nitrogen and oxygen atoms in total. The molecule has 3 heteroatoms. The van der Waals surface area contributed by atoms with Gasteiger partial charge >= 0.3 is 0 Å². The van der Waals surface area contributed by atoms with E-state index in [1.807, 2.05) is 6.07 Å². The van der Waals surface area contributed by atoms with Crippen molar-refractivity contribution in [2.45, 2.75) is 18.9 Å². The van der Waals surface area contributed by atoms with Gasteiger partial charge in [-0.3, -0.25) is 0 Å². The fraction of sp³-hybridized carbons (Fsp3) is 0.222. The Morgan fingerprint density at radius 3 is 2.76 bits per heavy atom. The first-order chi connectivity index (χ1) is 10.3. The molecule has 1 aliphatic carbocycles. The van der Waals surface area contributed by atoms with Crippen molar-refractivity contribution < 1.29 is 9.13 Å². The van der Waals surface area contributed by atoms with E-state index < -0.39 is 0 Å². The van der Waals surface area contributed by atoms with Gasteiger partial charge in [-0.15, -0.1) is 0 Å². The molecule has 0 N–H and O–H groups in total. The van der Waals surface area contributed by atoms with Crippen LogP contribution in [0.15, 0.2) is 42.5 Å². The summed E-state index contributed by atoms with van der Waals surface area (Å²) in [4.78, 5) is 0. The molecule has 0 fully saturated rings. The topological polar surface area (TPSA) is 9.23 Å². The van der Waals surface area contributed by atoms with Gasteiger partial charge in [0.25, 0.3) is 0 Å². The van der Waals surface area contributed by atoms with E-state index in [-0.39, 0.29) is 11.9 Å². The van der Waals surface area contributed by atoms with Crippen molar-refractivity contribution in [2.75, 3.05) is 4.43 Å². The maximum atomic E-state index is 13.7. The van der Waals surface area contributed by atoms with Crippen molar-refractivity contribution in [3.8, 4) is 0 Å². The lowest BCUT2D eigenvalue weighted by molar-refractivity contribution is 0.217. The first kappa shape index (κ1) is 13.3. The predicted octanol–water partition coefficient (Wildman–Crippen LogP) is 4.82. The Hall–Kier alpha value is -1.36. The Morgan fingerprint density at radius 1 is 1.10 bits per heavy atom. The van der Waals surface area contributed by atoms with Crippen LogP contribution in [-0.2, 0) is 11.2 Å². The molecule has 1 heterocycles. The average Bonchev–Trinajstić information content (AvgIpc) is 2.89. The molecule has 0 aromatic heterocycles. The highest BCUT2D eigenvalue weighted by Gasteiger charge is 2.31. The molecule has 2 aliphatic rings. The fourth-order valence-corrected chi connectivity index (χ4v) is 3.72.